The standard InChI is InChI=1S/C20H36N4O7S/c1-5-11(4)16(19(29)22-13(20(30)31)6-7-15(25)26)24-18(28)14(9-32)23-17(27)12(21)8-10(2)3/h10-14,16,32H,5-9,21H2,1-4H3,(H,22,29)(H,23,27)(H,24,28)(H,25,26)(H,30,31). The molecule has 5 unspecified atom stereocenters. The van der Waals surface area contributed by atoms with Crippen LogP contribution in [-0.4, -0.2) is 69.8 Å². The van der Waals surface area contributed by atoms with Gasteiger partial charge in [0.1, 0.15) is 18.1 Å². The zero-order valence-corrected chi connectivity index (χ0v) is 19.9. The number of carboxylic acid groups (broad SMARTS) is 2. The number of carbonyl (C=O) groups excluding carboxylic acids is 3. The van der Waals surface area contributed by atoms with Gasteiger partial charge < -0.3 is 31.9 Å². The Morgan fingerprint density at radius 1 is 0.906 bits per heavy atom. The first kappa shape index (κ1) is 29.7. The normalized spacial score (nSPS) is 15.7. The molecule has 0 bridgehead atoms. The Hall–Kier alpha value is -2.34. The molecule has 0 aromatic rings. The van der Waals surface area contributed by atoms with E-state index in [2.05, 4.69) is 28.6 Å². The van der Waals surface area contributed by atoms with Crippen molar-refractivity contribution in [2.24, 2.45) is 17.6 Å². The fourth-order valence-electron chi connectivity index (χ4n) is 2.83. The minimum absolute atomic E-state index is 0.0445. The van der Waals surface area contributed by atoms with Crippen molar-refractivity contribution in [3.05, 3.63) is 0 Å². The molecule has 5 atom stereocenters. The van der Waals surface area contributed by atoms with Gasteiger partial charge in [0, 0.05) is 12.2 Å². The van der Waals surface area contributed by atoms with Crippen molar-refractivity contribution in [2.45, 2.75) is 77.5 Å². The van der Waals surface area contributed by atoms with E-state index in [1.807, 2.05) is 13.8 Å². The summed E-state index contributed by atoms with van der Waals surface area (Å²) in [6.45, 7) is 7.31. The van der Waals surface area contributed by atoms with Gasteiger partial charge in [0.25, 0.3) is 0 Å². The molecule has 0 rings (SSSR count). The van der Waals surface area contributed by atoms with E-state index in [1.54, 1.807) is 13.8 Å². The highest BCUT2D eigenvalue weighted by atomic mass is 32.1. The van der Waals surface area contributed by atoms with E-state index in [0.29, 0.717) is 12.8 Å². The van der Waals surface area contributed by atoms with Gasteiger partial charge in [-0.2, -0.15) is 12.6 Å². The van der Waals surface area contributed by atoms with Crippen molar-refractivity contribution in [3.63, 3.8) is 0 Å². The maximum absolute atomic E-state index is 12.7. The summed E-state index contributed by atoms with van der Waals surface area (Å²) in [5.74, 6) is -4.75. The number of nitrogens with two attached hydrogens (primary N) is 1. The van der Waals surface area contributed by atoms with Crippen LogP contribution in [0.3, 0.4) is 0 Å². The average molecular weight is 477 g/mol. The molecule has 0 aromatic heterocycles. The van der Waals surface area contributed by atoms with Gasteiger partial charge in [-0.15, -0.1) is 0 Å². The molecule has 0 radical (unpaired) electrons. The Morgan fingerprint density at radius 3 is 1.91 bits per heavy atom. The predicted molar refractivity (Wildman–Crippen MR) is 121 cm³/mol. The Labute approximate surface area is 193 Å². The highest BCUT2D eigenvalue weighted by Gasteiger charge is 2.32. The zero-order valence-electron chi connectivity index (χ0n) is 19.0. The molecular formula is C20H36N4O7S. The molecule has 0 spiro atoms. The van der Waals surface area contributed by atoms with Crippen molar-refractivity contribution in [1.29, 1.82) is 0 Å². The molecule has 184 valence electrons. The van der Waals surface area contributed by atoms with Gasteiger partial charge in [0.2, 0.25) is 17.7 Å². The van der Waals surface area contributed by atoms with Gasteiger partial charge in [0.05, 0.1) is 6.04 Å². The molecule has 0 aliphatic rings. The maximum Gasteiger partial charge on any atom is 0.326 e. The Kier molecular flexibility index (Phi) is 13.6. The molecule has 32 heavy (non-hydrogen) atoms. The number of carbonyl (C=O) groups is 5. The van der Waals surface area contributed by atoms with Gasteiger partial charge in [-0.25, -0.2) is 4.79 Å². The van der Waals surface area contributed by atoms with E-state index in [-0.39, 0.29) is 24.0 Å². The first-order valence-corrected chi connectivity index (χ1v) is 11.2. The molecule has 12 heteroatoms. The molecule has 7 N–H and O–H groups in total. The van der Waals surface area contributed by atoms with Crippen LogP contribution in [0.1, 0.15) is 53.4 Å². The maximum atomic E-state index is 12.7. The van der Waals surface area contributed by atoms with E-state index in [0.717, 1.165) is 0 Å². The Balaban J connectivity index is 5.31. The monoisotopic (exact) mass is 476 g/mol. The lowest BCUT2D eigenvalue weighted by molar-refractivity contribution is -0.143. The summed E-state index contributed by atoms with van der Waals surface area (Å²) in [6, 6.07) is -4.37. The minimum atomic E-state index is -1.42. The number of thiol groups is 1. The van der Waals surface area contributed by atoms with Gasteiger partial charge >= 0.3 is 11.9 Å². The topological polar surface area (TPSA) is 188 Å². The fourth-order valence-corrected chi connectivity index (χ4v) is 3.09. The van der Waals surface area contributed by atoms with Crippen LogP contribution in [-0.2, 0) is 24.0 Å². The number of hydrogen-bond donors (Lipinski definition) is 7. The number of hydrogen-bond acceptors (Lipinski definition) is 7. The largest absolute Gasteiger partial charge is 0.481 e. The second-order valence-corrected chi connectivity index (χ2v) is 8.55. The number of nitrogens with one attached hydrogen (secondary N) is 3. The summed E-state index contributed by atoms with van der Waals surface area (Å²) in [5.41, 5.74) is 5.84. The lowest BCUT2D eigenvalue weighted by atomic mass is 9.97. The Bertz CT molecular complexity index is 674. The summed E-state index contributed by atoms with van der Waals surface area (Å²) in [7, 11) is 0. The van der Waals surface area contributed by atoms with Crippen molar-refractivity contribution >= 4 is 42.3 Å². The van der Waals surface area contributed by atoms with E-state index in [1.165, 1.54) is 0 Å². The first-order valence-electron chi connectivity index (χ1n) is 10.6. The van der Waals surface area contributed by atoms with E-state index >= 15 is 0 Å². The third-order valence-electron chi connectivity index (χ3n) is 4.93. The second-order valence-electron chi connectivity index (χ2n) is 8.18. The number of aliphatic carboxylic acids is 2. The van der Waals surface area contributed by atoms with Crippen LogP contribution in [0.5, 0.6) is 0 Å². The summed E-state index contributed by atoms with van der Waals surface area (Å²) < 4.78 is 0. The quantitative estimate of drug-likeness (QED) is 0.157. The van der Waals surface area contributed by atoms with Crippen LogP contribution in [0.4, 0.5) is 0 Å². The van der Waals surface area contributed by atoms with Crippen LogP contribution >= 0.6 is 12.6 Å². The molecule has 3 amide bonds. The molecule has 0 fully saturated rings. The number of rotatable bonds is 15. The molecule has 0 saturated carbocycles. The lowest BCUT2D eigenvalue weighted by Gasteiger charge is -2.27. The highest BCUT2D eigenvalue weighted by Crippen LogP contribution is 2.10. The smallest absolute Gasteiger partial charge is 0.326 e. The number of amides is 3. The molecule has 0 aliphatic heterocycles. The molecule has 0 aromatic carbocycles. The van der Waals surface area contributed by atoms with Crippen molar-refractivity contribution in [3.8, 4) is 0 Å². The van der Waals surface area contributed by atoms with Gasteiger partial charge in [-0.3, -0.25) is 19.2 Å². The number of carboxylic acids is 2. The van der Waals surface area contributed by atoms with Crippen LogP contribution in [0.25, 0.3) is 0 Å². The second kappa shape index (κ2) is 14.7. The molecule has 0 heterocycles. The third-order valence-corrected chi connectivity index (χ3v) is 5.30. The lowest BCUT2D eigenvalue weighted by Crippen LogP contribution is -2.59. The molecular weight excluding hydrogens is 440 g/mol. The van der Waals surface area contributed by atoms with E-state index in [9.17, 15) is 29.1 Å². The van der Waals surface area contributed by atoms with Gasteiger partial charge in [-0.1, -0.05) is 34.1 Å². The molecule has 11 nitrogen and oxygen atoms in total. The van der Waals surface area contributed by atoms with Crippen molar-refractivity contribution in [1.82, 2.24) is 16.0 Å². The van der Waals surface area contributed by atoms with E-state index in [4.69, 9.17) is 10.8 Å². The highest BCUT2D eigenvalue weighted by molar-refractivity contribution is 7.80. The van der Waals surface area contributed by atoms with Crippen molar-refractivity contribution < 1.29 is 34.2 Å². The SMILES string of the molecule is CCC(C)C(NC(=O)C(CS)NC(=O)C(N)CC(C)C)C(=O)NC(CCC(=O)O)C(=O)O. The molecule has 0 saturated heterocycles. The third kappa shape index (κ3) is 10.8. The predicted octanol–water partition coefficient (Wildman–Crippen LogP) is -0.260. The summed E-state index contributed by atoms with van der Waals surface area (Å²) in [5, 5.41) is 25.4. The van der Waals surface area contributed by atoms with Crippen LogP contribution < -0.4 is 21.7 Å². The summed E-state index contributed by atoms with van der Waals surface area (Å²) in [4.78, 5) is 59.9. The first-order chi connectivity index (χ1) is 14.8. The summed E-state index contributed by atoms with van der Waals surface area (Å²) in [6.07, 6.45) is 0.169. The van der Waals surface area contributed by atoms with Crippen LogP contribution in [0.2, 0.25) is 0 Å². The zero-order chi connectivity index (χ0) is 25.0. The van der Waals surface area contributed by atoms with Crippen LogP contribution in [0.15, 0.2) is 0 Å². The van der Waals surface area contributed by atoms with Gasteiger partial charge in [0.15, 0.2) is 0 Å². The Morgan fingerprint density at radius 2 is 1.47 bits per heavy atom. The molecule has 0 aliphatic carbocycles. The van der Waals surface area contributed by atoms with E-state index < -0.39 is 60.2 Å². The summed E-state index contributed by atoms with van der Waals surface area (Å²) >= 11 is 4.10. The van der Waals surface area contributed by atoms with Crippen molar-refractivity contribution in [2.75, 3.05) is 5.75 Å². The van der Waals surface area contributed by atoms with Crippen LogP contribution in [0, 0.1) is 11.8 Å². The minimum Gasteiger partial charge on any atom is -0.481 e. The van der Waals surface area contributed by atoms with Gasteiger partial charge in [-0.05, 0) is 24.7 Å². The fraction of sp³-hybridized carbons (Fsp3) is 0.750. The average Bonchev–Trinajstić information content (AvgIpc) is 2.70.